The molecule has 3 aromatic rings. The van der Waals surface area contributed by atoms with Crippen molar-refractivity contribution < 1.29 is 28.3 Å². The van der Waals surface area contributed by atoms with Crippen LogP contribution in [0.15, 0.2) is 45.6 Å². The third kappa shape index (κ3) is 4.34. The van der Waals surface area contributed by atoms with E-state index >= 15 is 0 Å². The number of fused-ring (bicyclic) bond motifs is 2. The Morgan fingerprint density at radius 3 is 2.23 bits per heavy atom. The number of carbonyl (C=O) groups excluding carboxylic acids is 1. The minimum Gasteiger partial charge on any atom is -0.493 e. The molecular formula is C27H33N2O6+. The molecule has 2 aromatic carbocycles. The maximum Gasteiger partial charge on any atom is 0.290 e. The SMILES string of the molecule is CC[NH+](CC)CCCN1C(=O)c2oc3ccccc3c(=O)c2[C@H]1c1cc(OC)c(OC)c(OC)c1. The molecule has 1 atom stereocenters. The fourth-order valence-electron chi connectivity index (χ4n) is 4.91. The van der Waals surface area contributed by atoms with Crippen LogP contribution in [0, 0.1) is 0 Å². The monoisotopic (exact) mass is 481 g/mol. The zero-order chi connectivity index (χ0) is 25.1. The molecule has 0 radical (unpaired) electrons. The van der Waals surface area contributed by atoms with Crippen LogP contribution in [0.1, 0.15) is 48.0 Å². The highest BCUT2D eigenvalue weighted by atomic mass is 16.5. The first kappa shape index (κ1) is 24.6. The quantitative estimate of drug-likeness (QED) is 0.480. The van der Waals surface area contributed by atoms with Crippen molar-refractivity contribution in [3.05, 3.63) is 63.5 Å². The molecule has 0 saturated heterocycles. The number of amides is 1. The molecule has 2 heterocycles. The molecule has 1 N–H and O–H groups in total. The van der Waals surface area contributed by atoms with E-state index in [2.05, 4.69) is 13.8 Å². The topological polar surface area (TPSA) is 82.7 Å². The van der Waals surface area contributed by atoms with E-state index in [1.165, 1.54) is 12.0 Å². The lowest BCUT2D eigenvalue weighted by Gasteiger charge is -2.27. The average Bonchev–Trinajstić information content (AvgIpc) is 3.17. The Kier molecular flexibility index (Phi) is 7.31. The molecule has 1 aromatic heterocycles. The summed E-state index contributed by atoms with van der Waals surface area (Å²) in [7, 11) is 4.62. The largest absolute Gasteiger partial charge is 0.493 e. The summed E-state index contributed by atoms with van der Waals surface area (Å²) in [4.78, 5) is 30.5. The van der Waals surface area contributed by atoms with Crippen LogP contribution in [0.2, 0.25) is 0 Å². The van der Waals surface area contributed by atoms with E-state index in [0.717, 1.165) is 26.1 Å². The lowest BCUT2D eigenvalue weighted by atomic mass is 9.97. The molecule has 1 amide bonds. The van der Waals surface area contributed by atoms with Crippen LogP contribution < -0.4 is 24.5 Å². The van der Waals surface area contributed by atoms with Gasteiger partial charge < -0.3 is 28.4 Å². The smallest absolute Gasteiger partial charge is 0.290 e. The number of nitrogens with zero attached hydrogens (tertiary/aromatic N) is 1. The molecule has 8 heteroatoms. The molecule has 1 aliphatic heterocycles. The Labute approximate surface area is 205 Å². The van der Waals surface area contributed by atoms with Gasteiger partial charge in [-0.3, -0.25) is 9.59 Å². The Hall–Kier alpha value is -3.52. The Balaban J connectivity index is 1.87. The summed E-state index contributed by atoms with van der Waals surface area (Å²) in [5.74, 6) is 1.19. The second-order valence-corrected chi connectivity index (χ2v) is 8.59. The molecule has 8 nitrogen and oxygen atoms in total. The molecule has 186 valence electrons. The van der Waals surface area contributed by atoms with Gasteiger partial charge in [-0.2, -0.15) is 0 Å². The van der Waals surface area contributed by atoms with Crippen molar-refractivity contribution in [3.63, 3.8) is 0 Å². The van der Waals surface area contributed by atoms with E-state index in [4.69, 9.17) is 18.6 Å². The van der Waals surface area contributed by atoms with E-state index in [-0.39, 0.29) is 17.1 Å². The number of hydrogen-bond donors (Lipinski definition) is 1. The molecule has 0 unspecified atom stereocenters. The van der Waals surface area contributed by atoms with Crippen LogP contribution in [-0.2, 0) is 0 Å². The summed E-state index contributed by atoms with van der Waals surface area (Å²) < 4.78 is 22.6. The lowest BCUT2D eigenvalue weighted by molar-refractivity contribution is -0.896. The van der Waals surface area contributed by atoms with Gasteiger partial charge in [-0.25, -0.2) is 0 Å². The number of rotatable bonds is 10. The van der Waals surface area contributed by atoms with Crippen molar-refractivity contribution in [1.29, 1.82) is 0 Å². The van der Waals surface area contributed by atoms with Crippen LogP contribution >= 0.6 is 0 Å². The highest BCUT2D eigenvalue weighted by Gasteiger charge is 2.43. The minimum absolute atomic E-state index is 0.0997. The molecule has 1 aliphatic rings. The molecule has 0 spiro atoms. The van der Waals surface area contributed by atoms with Gasteiger partial charge in [-0.15, -0.1) is 0 Å². The fraction of sp³-hybridized carbons (Fsp3) is 0.407. The summed E-state index contributed by atoms with van der Waals surface area (Å²) in [6, 6.07) is 9.99. The second kappa shape index (κ2) is 10.4. The third-order valence-corrected chi connectivity index (χ3v) is 6.81. The first-order chi connectivity index (χ1) is 17.0. The highest BCUT2D eigenvalue weighted by Crippen LogP contribution is 2.45. The Morgan fingerprint density at radius 1 is 0.971 bits per heavy atom. The van der Waals surface area contributed by atoms with E-state index < -0.39 is 6.04 Å². The van der Waals surface area contributed by atoms with Gasteiger partial charge in [0.15, 0.2) is 16.9 Å². The third-order valence-electron chi connectivity index (χ3n) is 6.81. The van der Waals surface area contributed by atoms with Crippen molar-refractivity contribution in [2.75, 3.05) is 47.5 Å². The van der Waals surface area contributed by atoms with E-state index in [1.54, 1.807) is 55.5 Å². The molecule has 0 aliphatic carbocycles. The number of carbonyl (C=O) groups is 1. The van der Waals surface area contributed by atoms with Gasteiger partial charge in [0.2, 0.25) is 11.5 Å². The van der Waals surface area contributed by atoms with Gasteiger partial charge in [0.05, 0.1) is 58.0 Å². The number of hydrogen-bond acceptors (Lipinski definition) is 6. The van der Waals surface area contributed by atoms with Crippen molar-refractivity contribution >= 4 is 16.9 Å². The van der Waals surface area contributed by atoms with Crippen molar-refractivity contribution in [3.8, 4) is 17.2 Å². The average molecular weight is 482 g/mol. The van der Waals surface area contributed by atoms with E-state index in [9.17, 15) is 9.59 Å². The summed E-state index contributed by atoms with van der Waals surface area (Å²) in [5, 5.41) is 0.450. The number of nitrogens with one attached hydrogen (secondary N) is 1. The maximum atomic E-state index is 13.7. The second-order valence-electron chi connectivity index (χ2n) is 8.59. The Bertz CT molecular complexity index is 1260. The zero-order valence-electron chi connectivity index (χ0n) is 21.0. The van der Waals surface area contributed by atoms with Crippen molar-refractivity contribution in [1.82, 2.24) is 4.90 Å². The summed E-state index contributed by atoms with van der Waals surface area (Å²) >= 11 is 0. The first-order valence-electron chi connectivity index (χ1n) is 12.0. The number of methoxy groups -OCH3 is 3. The lowest BCUT2D eigenvalue weighted by Crippen LogP contribution is -3.11. The van der Waals surface area contributed by atoms with Crippen LogP contribution in [0.25, 0.3) is 11.0 Å². The number of ether oxygens (including phenoxy) is 3. The van der Waals surface area contributed by atoms with Crippen molar-refractivity contribution in [2.45, 2.75) is 26.3 Å². The van der Waals surface area contributed by atoms with Crippen LogP contribution in [0.5, 0.6) is 17.2 Å². The minimum atomic E-state index is -0.626. The summed E-state index contributed by atoms with van der Waals surface area (Å²) in [5.41, 5.74) is 1.25. The number of benzene rings is 2. The van der Waals surface area contributed by atoms with Gasteiger partial charge in [-0.1, -0.05) is 12.1 Å². The summed E-state index contributed by atoms with van der Waals surface area (Å²) in [6.45, 7) is 7.77. The normalized spacial score (nSPS) is 15.1. The maximum absolute atomic E-state index is 13.7. The predicted octanol–water partition coefficient (Wildman–Crippen LogP) is 2.68. The molecule has 0 bridgehead atoms. The molecule has 35 heavy (non-hydrogen) atoms. The van der Waals surface area contributed by atoms with Gasteiger partial charge in [0.25, 0.3) is 5.91 Å². The van der Waals surface area contributed by atoms with Crippen LogP contribution in [0.4, 0.5) is 0 Å². The van der Waals surface area contributed by atoms with Crippen molar-refractivity contribution in [2.24, 2.45) is 0 Å². The van der Waals surface area contributed by atoms with Gasteiger partial charge >= 0.3 is 0 Å². The highest BCUT2D eigenvalue weighted by molar-refractivity contribution is 5.99. The number of quaternary nitrogens is 1. The number of para-hydroxylation sites is 1. The molecular weight excluding hydrogens is 448 g/mol. The van der Waals surface area contributed by atoms with Gasteiger partial charge in [0, 0.05) is 13.0 Å². The predicted molar refractivity (Wildman–Crippen MR) is 133 cm³/mol. The summed E-state index contributed by atoms with van der Waals surface area (Å²) in [6.07, 6.45) is 0.797. The molecule has 0 saturated carbocycles. The Morgan fingerprint density at radius 2 is 1.63 bits per heavy atom. The fourth-order valence-corrected chi connectivity index (χ4v) is 4.91. The zero-order valence-corrected chi connectivity index (χ0v) is 21.0. The van der Waals surface area contributed by atoms with E-state index in [1.807, 2.05) is 0 Å². The van der Waals surface area contributed by atoms with Crippen LogP contribution in [0.3, 0.4) is 0 Å². The molecule has 0 fully saturated rings. The van der Waals surface area contributed by atoms with Crippen LogP contribution in [-0.4, -0.2) is 58.3 Å². The molecule has 4 rings (SSSR count). The first-order valence-corrected chi connectivity index (χ1v) is 12.0. The van der Waals surface area contributed by atoms with Gasteiger partial charge in [0.1, 0.15) is 5.58 Å². The standard InChI is InChI=1S/C27H32N2O6/c1-6-28(7-2)13-10-14-29-23(17-15-20(32-3)25(34-5)21(16-17)33-4)22-24(30)18-11-8-9-12-19(18)35-26(22)27(29)31/h8-9,11-12,15-16,23H,6-7,10,13-14H2,1-5H3/p+1/t23-/m1/s1. The van der Waals surface area contributed by atoms with Gasteiger partial charge in [-0.05, 0) is 43.7 Å². The van der Waals surface area contributed by atoms with E-state index in [0.29, 0.717) is 45.9 Å².